The van der Waals surface area contributed by atoms with E-state index >= 15 is 0 Å². The lowest BCUT2D eigenvalue weighted by atomic mass is 10.2. The lowest BCUT2D eigenvalue weighted by Crippen LogP contribution is -2.30. The highest BCUT2D eigenvalue weighted by molar-refractivity contribution is 5.83. The molecule has 0 bridgehead atoms. The molecule has 0 atom stereocenters. The van der Waals surface area contributed by atoms with Gasteiger partial charge in [-0.15, -0.1) is 0 Å². The number of carbonyl (C=O) groups is 4. The zero-order valence-corrected chi connectivity index (χ0v) is 9.06. The third-order valence-electron chi connectivity index (χ3n) is 1.68. The molecule has 96 valence electrons. The van der Waals surface area contributed by atoms with E-state index in [9.17, 15) is 19.2 Å². The van der Waals surface area contributed by atoms with E-state index < -0.39 is 36.8 Å². The molecule has 0 rings (SSSR count). The molecular weight excluding hydrogens is 232 g/mol. The molecule has 8 nitrogen and oxygen atoms in total. The fraction of sp³-hybridized carbons (Fsp3) is 0.556. The normalized spacial score (nSPS) is 9.41. The summed E-state index contributed by atoms with van der Waals surface area (Å²) in [6.07, 6.45) is 0.276. The zero-order chi connectivity index (χ0) is 13.3. The van der Waals surface area contributed by atoms with Crippen molar-refractivity contribution in [3.05, 3.63) is 0 Å². The van der Waals surface area contributed by atoms with Crippen LogP contribution in [0.25, 0.3) is 0 Å². The van der Waals surface area contributed by atoms with Gasteiger partial charge in [-0.1, -0.05) is 0 Å². The number of carbonyl (C=O) groups excluding carboxylic acids is 2. The van der Waals surface area contributed by atoms with E-state index in [2.05, 4.69) is 10.6 Å². The molecule has 0 radical (unpaired) electrons. The van der Waals surface area contributed by atoms with Gasteiger partial charge in [0.15, 0.2) is 0 Å². The Morgan fingerprint density at radius 1 is 0.765 bits per heavy atom. The predicted molar refractivity (Wildman–Crippen MR) is 55.1 cm³/mol. The van der Waals surface area contributed by atoms with Crippen LogP contribution >= 0.6 is 0 Å². The molecule has 0 aromatic heterocycles. The molecule has 0 heterocycles. The van der Waals surface area contributed by atoms with Gasteiger partial charge in [0.05, 0.1) is 0 Å². The van der Waals surface area contributed by atoms with Crippen molar-refractivity contribution in [1.82, 2.24) is 10.6 Å². The zero-order valence-electron chi connectivity index (χ0n) is 9.06. The van der Waals surface area contributed by atoms with Crippen molar-refractivity contribution in [3.63, 3.8) is 0 Å². The highest BCUT2D eigenvalue weighted by Gasteiger charge is 2.07. The Labute approximate surface area is 97.0 Å². The molecule has 0 aliphatic rings. The van der Waals surface area contributed by atoms with E-state index in [1.807, 2.05) is 0 Å². The number of carboxylic acid groups (broad SMARTS) is 2. The van der Waals surface area contributed by atoms with Gasteiger partial charge in [-0.05, 0) is 6.42 Å². The first-order valence-corrected chi connectivity index (χ1v) is 4.89. The van der Waals surface area contributed by atoms with Crippen molar-refractivity contribution >= 4 is 23.8 Å². The van der Waals surface area contributed by atoms with Crippen molar-refractivity contribution < 1.29 is 29.4 Å². The summed E-state index contributed by atoms with van der Waals surface area (Å²) in [5, 5.41) is 20.8. The summed E-state index contributed by atoms with van der Waals surface area (Å²) in [5.41, 5.74) is 0. The number of hydrogen-bond donors (Lipinski definition) is 4. The van der Waals surface area contributed by atoms with Crippen LogP contribution in [0.5, 0.6) is 0 Å². The van der Waals surface area contributed by atoms with Gasteiger partial charge in [-0.25, -0.2) is 0 Å². The first-order valence-electron chi connectivity index (χ1n) is 4.89. The molecule has 0 aliphatic carbocycles. The molecule has 0 saturated heterocycles. The fourth-order valence-electron chi connectivity index (χ4n) is 0.935. The van der Waals surface area contributed by atoms with Crippen LogP contribution in [0.15, 0.2) is 0 Å². The molecule has 0 saturated carbocycles. The first kappa shape index (κ1) is 14.9. The van der Waals surface area contributed by atoms with Crippen molar-refractivity contribution in [2.45, 2.75) is 19.3 Å². The molecule has 0 aromatic rings. The van der Waals surface area contributed by atoms with Crippen LogP contribution < -0.4 is 10.6 Å². The summed E-state index contributed by atoms with van der Waals surface area (Å²) in [6.45, 7) is -0.909. The van der Waals surface area contributed by atoms with E-state index in [0.717, 1.165) is 0 Å². The molecular formula is C9H14N2O6. The largest absolute Gasteiger partial charge is 0.480 e. The fourth-order valence-corrected chi connectivity index (χ4v) is 0.935. The smallest absolute Gasteiger partial charge is 0.322 e. The molecule has 0 unspecified atom stereocenters. The molecule has 0 aromatic carbocycles. The van der Waals surface area contributed by atoms with Gasteiger partial charge in [-0.2, -0.15) is 0 Å². The van der Waals surface area contributed by atoms with Crippen molar-refractivity contribution in [3.8, 4) is 0 Å². The summed E-state index contributed by atoms with van der Waals surface area (Å²) in [6, 6.07) is 0. The highest BCUT2D eigenvalue weighted by atomic mass is 16.4. The molecule has 0 spiro atoms. The Bertz CT molecular complexity index is 285. The Kier molecular flexibility index (Phi) is 7.07. The van der Waals surface area contributed by atoms with Gasteiger partial charge in [-0.3, -0.25) is 19.2 Å². The SMILES string of the molecule is O=C(O)CNC(=O)CCCC(=O)NCC(=O)O. The van der Waals surface area contributed by atoms with Crippen LogP contribution in [0.4, 0.5) is 0 Å². The van der Waals surface area contributed by atoms with Gasteiger partial charge in [0.2, 0.25) is 11.8 Å². The van der Waals surface area contributed by atoms with E-state index in [4.69, 9.17) is 10.2 Å². The second kappa shape index (κ2) is 8.08. The summed E-state index contributed by atoms with van der Waals surface area (Å²) in [7, 11) is 0. The Morgan fingerprint density at radius 2 is 1.12 bits per heavy atom. The molecule has 4 N–H and O–H groups in total. The predicted octanol–water partition coefficient (Wildman–Crippen LogP) is -1.44. The minimum atomic E-state index is -1.14. The second-order valence-corrected chi connectivity index (χ2v) is 3.19. The second-order valence-electron chi connectivity index (χ2n) is 3.19. The van der Waals surface area contributed by atoms with Crippen LogP contribution in [0.1, 0.15) is 19.3 Å². The third-order valence-corrected chi connectivity index (χ3v) is 1.68. The molecule has 8 heteroatoms. The van der Waals surface area contributed by atoms with Crippen molar-refractivity contribution in [2.24, 2.45) is 0 Å². The first-order chi connectivity index (χ1) is 7.91. The summed E-state index contributed by atoms with van der Waals surface area (Å²) in [5.74, 6) is -3.20. The van der Waals surface area contributed by atoms with Gasteiger partial charge < -0.3 is 20.8 Å². The lowest BCUT2D eigenvalue weighted by molar-refractivity contribution is -0.138. The number of hydrogen-bond acceptors (Lipinski definition) is 4. The molecule has 2 amide bonds. The van der Waals surface area contributed by atoms with Crippen molar-refractivity contribution in [2.75, 3.05) is 13.1 Å². The van der Waals surface area contributed by atoms with Crippen LogP contribution in [0, 0.1) is 0 Å². The maximum absolute atomic E-state index is 11.0. The minimum absolute atomic E-state index is 0.0216. The Morgan fingerprint density at radius 3 is 1.41 bits per heavy atom. The number of amides is 2. The van der Waals surface area contributed by atoms with E-state index in [-0.39, 0.29) is 19.3 Å². The van der Waals surface area contributed by atoms with Crippen LogP contribution in [-0.2, 0) is 19.2 Å². The summed E-state index contributed by atoms with van der Waals surface area (Å²) < 4.78 is 0. The van der Waals surface area contributed by atoms with Crippen LogP contribution in [0.3, 0.4) is 0 Å². The maximum atomic E-state index is 11.0. The van der Waals surface area contributed by atoms with Gasteiger partial charge >= 0.3 is 11.9 Å². The molecule has 0 aliphatic heterocycles. The Hall–Kier alpha value is -2.12. The third kappa shape index (κ3) is 10.2. The van der Waals surface area contributed by atoms with Crippen LogP contribution in [0.2, 0.25) is 0 Å². The van der Waals surface area contributed by atoms with E-state index in [1.54, 1.807) is 0 Å². The standard InChI is InChI=1S/C9H14N2O6/c12-6(10-4-8(14)15)2-1-3-7(13)11-5-9(16)17/h1-5H2,(H,10,12)(H,11,13)(H,14,15)(H,16,17). The summed E-state index contributed by atoms with van der Waals surface area (Å²) in [4.78, 5) is 42.2. The minimum Gasteiger partial charge on any atom is -0.480 e. The van der Waals surface area contributed by atoms with Gasteiger partial charge in [0.1, 0.15) is 13.1 Å². The number of aliphatic carboxylic acids is 2. The van der Waals surface area contributed by atoms with Gasteiger partial charge in [0, 0.05) is 12.8 Å². The number of nitrogens with one attached hydrogen (secondary N) is 2. The molecule has 17 heavy (non-hydrogen) atoms. The highest BCUT2D eigenvalue weighted by Crippen LogP contribution is 1.94. The van der Waals surface area contributed by atoms with Crippen molar-refractivity contribution in [1.29, 1.82) is 0 Å². The summed E-state index contributed by atoms with van der Waals surface area (Å²) >= 11 is 0. The van der Waals surface area contributed by atoms with Crippen LogP contribution in [-0.4, -0.2) is 47.1 Å². The monoisotopic (exact) mass is 246 g/mol. The average molecular weight is 246 g/mol. The quantitative estimate of drug-likeness (QED) is 0.414. The van der Waals surface area contributed by atoms with Gasteiger partial charge in [0.25, 0.3) is 0 Å². The Balaban J connectivity index is 3.55. The number of rotatable bonds is 8. The van der Waals surface area contributed by atoms with E-state index in [0.29, 0.717) is 0 Å². The topological polar surface area (TPSA) is 133 Å². The maximum Gasteiger partial charge on any atom is 0.322 e. The lowest BCUT2D eigenvalue weighted by Gasteiger charge is -2.03. The average Bonchev–Trinajstić information content (AvgIpc) is 2.23. The molecule has 0 fully saturated rings. The van der Waals surface area contributed by atoms with E-state index in [1.165, 1.54) is 0 Å². The number of carboxylic acids is 2.